The third-order valence-corrected chi connectivity index (χ3v) is 5.20. The summed E-state index contributed by atoms with van der Waals surface area (Å²) >= 11 is 0. The molecule has 128 valence electrons. The number of carbonyl (C=O) groups is 1. The molecule has 2 aliphatic rings. The van der Waals surface area contributed by atoms with E-state index in [2.05, 4.69) is 15.3 Å². The number of H-pyrrole nitrogens is 1. The second-order valence-corrected chi connectivity index (χ2v) is 6.77. The number of likely N-dealkylation sites (tertiary alicyclic amines) is 1. The predicted octanol–water partition coefficient (Wildman–Crippen LogP) is 1.67. The molecule has 2 aromatic heterocycles. The Bertz CT molecular complexity index is 716. The molecule has 2 aromatic rings. The third kappa shape index (κ3) is 2.84. The number of aromatic nitrogens is 4. The van der Waals surface area contributed by atoms with Crippen molar-refractivity contribution in [3.63, 3.8) is 0 Å². The van der Waals surface area contributed by atoms with E-state index in [-0.39, 0.29) is 5.91 Å². The third-order valence-electron chi connectivity index (χ3n) is 5.20. The van der Waals surface area contributed by atoms with Gasteiger partial charge >= 0.3 is 0 Å². The average Bonchev–Trinajstić information content (AvgIpc) is 3.35. The number of rotatable bonds is 3. The fourth-order valence-electron chi connectivity index (χ4n) is 3.80. The molecule has 24 heavy (non-hydrogen) atoms. The number of carbonyl (C=O) groups excluding carboxylic acids is 1. The van der Waals surface area contributed by atoms with Gasteiger partial charge in [0, 0.05) is 51.4 Å². The molecule has 0 bridgehead atoms. The Balaban J connectivity index is 1.48. The van der Waals surface area contributed by atoms with Gasteiger partial charge < -0.3 is 9.64 Å². The van der Waals surface area contributed by atoms with Crippen LogP contribution in [0.25, 0.3) is 0 Å². The molecule has 0 radical (unpaired) electrons. The second-order valence-electron chi connectivity index (χ2n) is 6.77. The monoisotopic (exact) mass is 329 g/mol. The van der Waals surface area contributed by atoms with Crippen LogP contribution in [0.3, 0.4) is 0 Å². The largest absolute Gasteiger partial charge is 0.381 e. The number of nitrogens with one attached hydrogen (secondary N) is 1. The van der Waals surface area contributed by atoms with Crippen LogP contribution in [0.4, 0.5) is 0 Å². The number of ether oxygens (including phenoxy) is 1. The highest BCUT2D eigenvalue weighted by atomic mass is 16.5. The van der Waals surface area contributed by atoms with Gasteiger partial charge in [0.05, 0.1) is 23.7 Å². The van der Waals surface area contributed by atoms with Gasteiger partial charge in [-0.05, 0) is 24.8 Å². The van der Waals surface area contributed by atoms with E-state index in [0.717, 1.165) is 56.8 Å². The van der Waals surface area contributed by atoms with E-state index >= 15 is 0 Å². The highest BCUT2D eigenvalue weighted by Crippen LogP contribution is 2.31. The van der Waals surface area contributed by atoms with Gasteiger partial charge in [-0.3, -0.25) is 14.6 Å². The molecule has 2 fully saturated rings. The van der Waals surface area contributed by atoms with Crippen LogP contribution in [0.5, 0.6) is 0 Å². The van der Waals surface area contributed by atoms with E-state index in [1.807, 2.05) is 29.0 Å². The van der Waals surface area contributed by atoms with Crippen LogP contribution in [0.1, 0.15) is 52.7 Å². The van der Waals surface area contributed by atoms with Crippen molar-refractivity contribution in [3.8, 4) is 0 Å². The molecule has 7 heteroatoms. The Kier molecular flexibility index (Phi) is 4.10. The van der Waals surface area contributed by atoms with Crippen LogP contribution >= 0.6 is 0 Å². The summed E-state index contributed by atoms with van der Waals surface area (Å²) in [6.07, 6.45) is 8.52. The minimum absolute atomic E-state index is 0.0941. The molecule has 2 saturated heterocycles. The smallest absolute Gasteiger partial charge is 0.257 e. The minimum Gasteiger partial charge on any atom is -0.381 e. The van der Waals surface area contributed by atoms with Crippen LogP contribution in [-0.2, 0) is 11.8 Å². The van der Waals surface area contributed by atoms with Crippen molar-refractivity contribution in [1.82, 2.24) is 24.9 Å². The summed E-state index contributed by atoms with van der Waals surface area (Å²) < 4.78 is 7.24. The van der Waals surface area contributed by atoms with Gasteiger partial charge in [0.15, 0.2) is 0 Å². The van der Waals surface area contributed by atoms with Crippen LogP contribution in [0.15, 0.2) is 18.6 Å². The van der Waals surface area contributed by atoms with Crippen molar-refractivity contribution < 1.29 is 9.53 Å². The lowest BCUT2D eigenvalue weighted by molar-refractivity contribution is 0.0769. The zero-order chi connectivity index (χ0) is 16.5. The van der Waals surface area contributed by atoms with E-state index in [4.69, 9.17) is 4.74 Å². The topological polar surface area (TPSA) is 76.0 Å². The quantitative estimate of drug-likeness (QED) is 0.929. The van der Waals surface area contributed by atoms with Gasteiger partial charge in [-0.2, -0.15) is 10.2 Å². The molecule has 7 nitrogen and oxygen atoms in total. The number of nitrogens with zero attached hydrogens (tertiary/aromatic N) is 4. The molecule has 4 rings (SSSR count). The highest BCUT2D eigenvalue weighted by Gasteiger charge is 2.32. The molecule has 1 amide bonds. The first-order valence-electron chi connectivity index (χ1n) is 8.61. The highest BCUT2D eigenvalue weighted by molar-refractivity contribution is 5.95. The summed E-state index contributed by atoms with van der Waals surface area (Å²) in [6.45, 7) is 3.05. The molecule has 0 aliphatic carbocycles. The molecule has 0 saturated carbocycles. The van der Waals surface area contributed by atoms with Gasteiger partial charge in [0.1, 0.15) is 0 Å². The molecule has 0 aromatic carbocycles. The number of hydrogen-bond donors (Lipinski definition) is 1. The Labute approximate surface area is 141 Å². The zero-order valence-corrected chi connectivity index (χ0v) is 13.9. The van der Waals surface area contributed by atoms with Gasteiger partial charge in [0.2, 0.25) is 0 Å². The fourth-order valence-corrected chi connectivity index (χ4v) is 3.80. The van der Waals surface area contributed by atoms with Crippen molar-refractivity contribution >= 4 is 5.91 Å². The standard InChI is InChI=1S/C17H23N5O2/c1-21-10-14(8-19-21)13-2-5-22(11-13)17(23)15-9-18-20-16(15)12-3-6-24-7-4-12/h8-10,12-13H,2-7,11H2,1H3,(H,18,20). The fraction of sp³-hybridized carbons (Fsp3) is 0.588. The van der Waals surface area contributed by atoms with Crippen molar-refractivity contribution in [2.45, 2.75) is 31.1 Å². The maximum Gasteiger partial charge on any atom is 0.257 e. The average molecular weight is 329 g/mol. The molecule has 4 heterocycles. The van der Waals surface area contributed by atoms with E-state index in [9.17, 15) is 4.79 Å². The van der Waals surface area contributed by atoms with Crippen LogP contribution in [0, 0.1) is 0 Å². The van der Waals surface area contributed by atoms with Crippen molar-refractivity contribution in [2.24, 2.45) is 7.05 Å². The SMILES string of the molecule is Cn1cc(C2CCN(C(=O)c3cn[nH]c3C3CCOCC3)C2)cn1. The van der Waals surface area contributed by atoms with Crippen LogP contribution in [0.2, 0.25) is 0 Å². The van der Waals surface area contributed by atoms with Crippen LogP contribution < -0.4 is 0 Å². The van der Waals surface area contributed by atoms with Gasteiger partial charge in [-0.25, -0.2) is 0 Å². The summed E-state index contributed by atoms with van der Waals surface area (Å²) in [5.74, 6) is 0.814. The molecule has 0 spiro atoms. The summed E-state index contributed by atoms with van der Waals surface area (Å²) in [4.78, 5) is 14.9. The number of amides is 1. The van der Waals surface area contributed by atoms with Crippen molar-refractivity contribution in [1.29, 1.82) is 0 Å². The van der Waals surface area contributed by atoms with Gasteiger partial charge in [0.25, 0.3) is 5.91 Å². The number of hydrogen-bond acceptors (Lipinski definition) is 4. The first kappa shape index (κ1) is 15.4. The molecular weight excluding hydrogens is 306 g/mol. The lowest BCUT2D eigenvalue weighted by atomic mass is 9.93. The minimum atomic E-state index is 0.0941. The Morgan fingerprint density at radius 3 is 2.83 bits per heavy atom. The predicted molar refractivity (Wildman–Crippen MR) is 87.9 cm³/mol. The van der Waals surface area contributed by atoms with Crippen molar-refractivity contribution in [3.05, 3.63) is 35.4 Å². The first-order valence-corrected chi connectivity index (χ1v) is 8.61. The summed E-state index contributed by atoms with van der Waals surface area (Å²) in [5, 5.41) is 11.4. The first-order chi connectivity index (χ1) is 11.7. The number of aryl methyl sites for hydroxylation is 1. The summed E-state index contributed by atoms with van der Waals surface area (Å²) in [5.41, 5.74) is 2.92. The maximum absolute atomic E-state index is 13.0. The van der Waals surface area contributed by atoms with E-state index in [1.54, 1.807) is 6.20 Å². The summed E-state index contributed by atoms with van der Waals surface area (Å²) in [6, 6.07) is 0. The maximum atomic E-state index is 13.0. The van der Waals surface area contributed by atoms with E-state index in [0.29, 0.717) is 11.8 Å². The lowest BCUT2D eigenvalue weighted by Gasteiger charge is -2.23. The Morgan fingerprint density at radius 1 is 1.25 bits per heavy atom. The van der Waals surface area contributed by atoms with Crippen molar-refractivity contribution in [2.75, 3.05) is 26.3 Å². The molecular formula is C17H23N5O2. The Hall–Kier alpha value is -2.15. The van der Waals surface area contributed by atoms with Gasteiger partial charge in [-0.15, -0.1) is 0 Å². The van der Waals surface area contributed by atoms with E-state index < -0.39 is 0 Å². The second kappa shape index (κ2) is 6.39. The Morgan fingerprint density at radius 2 is 2.08 bits per heavy atom. The lowest BCUT2D eigenvalue weighted by Crippen LogP contribution is -2.29. The number of aromatic amines is 1. The molecule has 2 aliphatic heterocycles. The van der Waals surface area contributed by atoms with Gasteiger partial charge in [-0.1, -0.05) is 0 Å². The molecule has 1 atom stereocenters. The van der Waals surface area contributed by atoms with Crippen LogP contribution in [-0.4, -0.2) is 57.1 Å². The molecule has 1 N–H and O–H groups in total. The zero-order valence-electron chi connectivity index (χ0n) is 13.9. The summed E-state index contributed by atoms with van der Waals surface area (Å²) in [7, 11) is 1.92. The normalized spacial score (nSPS) is 22.2. The molecule has 1 unspecified atom stereocenters. The van der Waals surface area contributed by atoms with E-state index in [1.165, 1.54) is 5.56 Å².